The number of rotatable bonds is 9. The van der Waals surface area contributed by atoms with Crippen LogP contribution in [0.15, 0.2) is 23.6 Å². The lowest BCUT2D eigenvalue weighted by atomic mass is 10.1. The zero-order valence-corrected chi connectivity index (χ0v) is 18.6. The number of carbonyl (C=O) groups is 1. The maximum Gasteiger partial charge on any atom is 0.270 e. The third-order valence-electron chi connectivity index (χ3n) is 4.73. The molecule has 0 bridgehead atoms. The average molecular weight is 450 g/mol. The number of carbonyl (C=O) groups excluding carboxylic acids is 1. The first-order valence-corrected chi connectivity index (χ1v) is 10.9. The van der Waals surface area contributed by atoms with Crippen LogP contribution in [0, 0.1) is 10.1 Å². The summed E-state index contributed by atoms with van der Waals surface area (Å²) in [5.41, 5.74) is 1.38. The molecule has 1 amide bonds. The number of nitrogens with zero attached hydrogens (tertiary/aromatic N) is 3. The van der Waals surface area contributed by atoms with Crippen LogP contribution in [0.5, 0.6) is 0 Å². The van der Waals surface area contributed by atoms with Gasteiger partial charge in [-0.25, -0.2) is 4.98 Å². The Labute approximate surface area is 184 Å². The first kappa shape index (κ1) is 23.1. The fraction of sp³-hybridized carbons (Fsp3) is 0.500. The van der Waals surface area contributed by atoms with Crippen molar-refractivity contribution in [2.24, 2.45) is 0 Å². The zero-order valence-electron chi connectivity index (χ0n) is 17.8. The molecule has 1 aliphatic heterocycles. The van der Waals surface area contributed by atoms with E-state index >= 15 is 0 Å². The van der Waals surface area contributed by atoms with E-state index in [1.54, 1.807) is 7.11 Å². The summed E-state index contributed by atoms with van der Waals surface area (Å²) in [5.74, 6) is -0.460. The second kappa shape index (κ2) is 10.6. The minimum atomic E-state index is -0.526. The van der Waals surface area contributed by atoms with Crippen molar-refractivity contribution in [3.05, 3.63) is 45.0 Å². The molecular formula is C20H27N5O5S. The number of ether oxygens (including phenoxy) is 2. The van der Waals surface area contributed by atoms with E-state index in [-0.39, 0.29) is 23.5 Å². The van der Waals surface area contributed by atoms with Crippen molar-refractivity contribution >= 4 is 33.8 Å². The van der Waals surface area contributed by atoms with Gasteiger partial charge in [0.05, 0.1) is 35.0 Å². The molecule has 1 aromatic carbocycles. The lowest BCUT2D eigenvalue weighted by Crippen LogP contribution is -2.44. The van der Waals surface area contributed by atoms with E-state index in [9.17, 15) is 14.9 Å². The number of amides is 1. The lowest BCUT2D eigenvalue weighted by Gasteiger charge is -2.34. The van der Waals surface area contributed by atoms with Crippen LogP contribution >= 0.6 is 11.3 Å². The number of methoxy groups -OCH3 is 1. The molecule has 1 aromatic heterocycles. The van der Waals surface area contributed by atoms with Crippen molar-refractivity contribution in [2.45, 2.75) is 32.6 Å². The van der Waals surface area contributed by atoms with Crippen LogP contribution < -0.4 is 10.6 Å². The van der Waals surface area contributed by atoms with Gasteiger partial charge in [0.25, 0.3) is 11.6 Å². The molecule has 2 aromatic rings. The Bertz CT molecular complexity index is 911. The normalized spacial score (nSPS) is 19.2. The summed E-state index contributed by atoms with van der Waals surface area (Å²) in [6.45, 7) is 7.32. The molecule has 31 heavy (non-hydrogen) atoms. The SMILES string of the molecule is COCCNc1ccc([N+](=O)[O-])cc1C(=O)Nc1nc(CN2C[C@H](C)O[C@@H](C)C2)cs1. The summed E-state index contributed by atoms with van der Waals surface area (Å²) < 4.78 is 10.8. The van der Waals surface area contributed by atoms with Gasteiger partial charge in [-0.15, -0.1) is 11.3 Å². The number of non-ortho nitro benzene ring substituents is 1. The number of anilines is 2. The number of hydrogen-bond acceptors (Lipinski definition) is 9. The van der Waals surface area contributed by atoms with E-state index in [0.29, 0.717) is 30.5 Å². The summed E-state index contributed by atoms with van der Waals surface area (Å²) in [4.78, 5) is 30.3. The number of benzene rings is 1. The highest BCUT2D eigenvalue weighted by molar-refractivity contribution is 7.14. The highest BCUT2D eigenvalue weighted by Crippen LogP contribution is 2.25. The minimum Gasteiger partial charge on any atom is -0.383 e. The van der Waals surface area contributed by atoms with Gasteiger partial charge in [0.15, 0.2) is 5.13 Å². The van der Waals surface area contributed by atoms with Crippen LogP contribution in [0.1, 0.15) is 29.9 Å². The van der Waals surface area contributed by atoms with Gasteiger partial charge >= 0.3 is 0 Å². The van der Waals surface area contributed by atoms with Crippen molar-refractivity contribution in [2.75, 3.05) is 44.0 Å². The Morgan fingerprint density at radius 3 is 2.81 bits per heavy atom. The predicted molar refractivity (Wildman–Crippen MR) is 119 cm³/mol. The molecule has 0 unspecified atom stereocenters. The standard InChI is InChI=1S/C20H27N5O5S/c1-13-9-24(10-14(2)30-13)11-15-12-31-20(22-15)23-19(26)17-8-16(25(27)28)4-5-18(17)21-6-7-29-3/h4-5,8,12-14,21H,6-7,9-11H2,1-3H3,(H,22,23,26)/t13-,14-/m0/s1. The molecule has 3 rings (SSSR count). The van der Waals surface area contributed by atoms with E-state index in [2.05, 4.69) is 20.5 Å². The van der Waals surface area contributed by atoms with Crippen LogP contribution in [-0.2, 0) is 16.0 Å². The van der Waals surface area contributed by atoms with Gasteiger partial charge in [0.2, 0.25) is 0 Å². The Morgan fingerprint density at radius 2 is 2.13 bits per heavy atom. The van der Waals surface area contributed by atoms with Crippen molar-refractivity contribution < 1.29 is 19.2 Å². The molecule has 2 atom stereocenters. The van der Waals surface area contributed by atoms with Crippen LogP contribution in [-0.4, -0.2) is 66.3 Å². The van der Waals surface area contributed by atoms with E-state index in [4.69, 9.17) is 9.47 Å². The molecule has 1 aliphatic rings. The number of nitrogens with one attached hydrogen (secondary N) is 2. The molecule has 0 radical (unpaired) electrons. The van der Waals surface area contributed by atoms with Gasteiger partial charge in [-0.2, -0.15) is 0 Å². The smallest absolute Gasteiger partial charge is 0.270 e. The Morgan fingerprint density at radius 1 is 1.39 bits per heavy atom. The van der Waals surface area contributed by atoms with Crippen molar-refractivity contribution in [1.29, 1.82) is 0 Å². The molecular weight excluding hydrogens is 422 g/mol. The number of hydrogen-bond donors (Lipinski definition) is 2. The first-order chi connectivity index (χ1) is 14.9. The largest absolute Gasteiger partial charge is 0.383 e. The van der Waals surface area contributed by atoms with Gasteiger partial charge in [-0.05, 0) is 19.9 Å². The molecule has 1 saturated heterocycles. The van der Waals surface area contributed by atoms with Gasteiger partial charge in [-0.3, -0.25) is 25.1 Å². The Hall–Kier alpha value is -2.60. The maximum atomic E-state index is 12.9. The van der Waals surface area contributed by atoms with Gasteiger partial charge in [0, 0.05) is 56.5 Å². The molecule has 0 spiro atoms. The van der Waals surface area contributed by atoms with E-state index in [1.807, 2.05) is 19.2 Å². The molecule has 0 saturated carbocycles. The van der Waals surface area contributed by atoms with E-state index in [0.717, 1.165) is 18.8 Å². The number of thiazole rings is 1. The fourth-order valence-corrected chi connectivity index (χ4v) is 4.22. The number of morpholine rings is 1. The third-order valence-corrected chi connectivity index (χ3v) is 5.54. The monoisotopic (exact) mass is 449 g/mol. The molecule has 10 nitrogen and oxygen atoms in total. The van der Waals surface area contributed by atoms with Crippen LogP contribution in [0.3, 0.4) is 0 Å². The first-order valence-electron chi connectivity index (χ1n) is 10.0. The molecule has 2 heterocycles. The summed E-state index contributed by atoms with van der Waals surface area (Å²) in [5, 5.41) is 19.3. The average Bonchev–Trinajstić information content (AvgIpc) is 3.14. The van der Waals surface area contributed by atoms with Crippen molar-refractivity contribution in [3.8, 4) is 0 Å². The van der Waals surface area contributed by atoms with E-state index in [1.165, 1.54) is 29.5 Å². The second-order valence-corrected chi connectivity index (χ2v) is 8.31. The molecule has 0 aliphatic carbocycles. The van der Waals surface area contributed by atoms with Crippen LogP contribution in [0.2, 0.25) is 0 Å². The molecule has 2 N–H and O–H groups in total. The quantitative estimate of drug-likeness (QED) is 0.341. The fourth-order valence-electron chi connectivity index (χ4n) is 3.52. The molecule has 168 valence electrons. The molecule has 1 fully saturated rings. The summed E-state index contributed by atoms with van der Waals surface area (Å²) in [6, 6.07) is 4.14. The second-order valence-electron chi connectivity index (χ2n) is 7.46. The summed E-state index contributed by atoms with van der Waals surface area (Å²) in [7, 11) is 1.57. The maximum absolute atomic E-state index is 12.9. The number of nitro benzene ring substituents is 1. The lowest BCUT2D eigenvalue weighted by molar-refractivity contribution is -0.384. The zero-order chi connectivity index (χ0) is 22.4. The van der Waals surface area contributed by atoms with Crippen molar-refractivity contribution in [3.63, 3.8) is 0 Å². The van der Waals surface area contributed by atoms with Crippen LogP contribution in [0.4, 0.5) is 16.5 Å². The van der Waals surface area contributed by atoms with Gasteiger partial charge < -0.3 is 14.8 Å². The highest BCUT2D eigenvalue weighted by atomic mass is 32.1. The third kappa shape index (κ3) is 6.44. The number of nitro groups is 1. The molecule has 11 heteroatoms. The Balaban J connectivity index is 1.69. The summed E-state index contributed by atoms with van der Waals surface area (Å²) in [6.07, 6.45) is 0.332. The van der Waals surface area contributed by atoms with Gasteiger partial charge in [-0.1, -0.05) is 0 Å². The topological polar surface area (TPSA) is 119 Å². The Kier molecular flexibility index (Phi) is 7.91. The summed E-state index contributed by atoms with van der Waals surface area (Å²) >= 11 is 1.33. The van der Waals surface area contributed by atoms with Gasteiger partial charge in [0.1, 0.15) is 0 Å². The predicted octanol–water partition coefficient (Wildman–Crippen LogP) is 2.97. The number of aromatic nitrogens is 1. The van der Waals surface area contributed by atoms with Crippen molar-refractivity contribution in [1.82, 2.24) is 9.88 Å². The highest BCUT2D eigenvalue weighted by Gasteiger charge is 2.23. The van der Waals surface area contributed by atoms with E-state index < -0.39 is 10.8 Å². The minimum absolute atomic E-state index is 0.155. The van der Waals surface area contributed by atoms with Crippen LogP contribution in [0.25, 0.3) is 0 Å².